The molecule has 0 saturated heterocycles. The fraction of sp³-hybridized carbons (Fsp3) is 0.800. The lowest BCUT2D eigenvalue weighted by Crippen LogP contribution is -2.37. The highest BCUT2D eigenvalue weighted by molar-refractivity contribution is 4.88. The van der Waals surface area contributed by atoms with Crippen LogP contribution in [0.2, 0.25) is 0 Å². The number of terminal acetylenes is 1. The van der Waals surface area contributed by atoms with E-state index in [0.29, 0.717) is 11.5 Å². The maximum atomic E-state index is 5.20. The topological polar surface area (TPSA) is 12.0 Å². The Bertz CT molecular complexity index is 136. The molecule has 1 N–H and O–H groups in total. The van der Waals surface area contributed by atoms with E-state index in [1.54, 1.807) is 0 Å². The van der Waals surface area contributed by atoms with Crippen molar-refractivity contribution in [3.05, 3.63) is 0 Å². The zero-order chi connectivity index (χ0) is 8.91. The van der Waals surface area contributed by atoms with Gasteiger partial charge in [0.2, 0.25) is 0 Å². The van der Waals surface area contributed by atoms with Gasteiger partial charge in [-0.25, -0.2) is 0 Å². The quantitative estimate of drug-likeness (QED) is 0.612. The van der Waals surface area contributed by atoms with Crippen molar-refractivity contribution in [3.63, 3.8) is 0 Å². The van der Waals surface area contributed by atoms with E-state index in [9.17, 15) is 0 Å². The van der Waals surface area contributed by atoms with Crippen molar-refractivity contribution in [2.45, 2.75) is 39.7 Å². The molecule has 0 radical (unpaired) electrons. The predicted molar refractivity (Wildman–Crippen MR) is 50.4 cm³/mol. The first kappa shape index (κ1) is 10.5. The lowest BCUT2D eigenvalue weighted by Gasteiger charge is -2.29. The summed E-state index contributed by atoms with van der Waals surface area (Å²) in [5.74, 6) is 2.66. The number of rotatable bonds is 3. The maximum absolute atomic E-state index is 5.20. The van der Waals surface area contributed by atoms with Gasteiger partial charge in [0.1, 0.15) is 0 Å². The summed E-state index contributed by atoms with van der Waals surface area (Å²) in [5, 5.41) is 3.28. The smallest absolute Gasteiger partial charge is 0.0122 e. The van der Waals surface area contributed by atoms with Crippen molar-refractivity contribution in [1.29, 1.82) is 0 Å². The van der Waals surface area contributed by atoms with Gasteiger partial charge in [0, 0.05) is 12.5 Å². The van der Waals surface area contributed by atoms with Crippen LogP contribution in [0.4, 0.5) is 0 Å². The van der Waals surface area contributed by atoms with Crippen LogP contribution in [0.15, 0.2) is 0 Å². The monoisotopic (exact) mass is 153 g/mol. The SMILES string of the molecule is C#CCCC(NC)C(C)(C)C. The van der Waals surface area contributed by atoms with Crippen LogP contribution in [-0.4, -0.2) is 13.1 Å². The third kappa shape index (κ3) is 4.06. The number of nitrogens with one attached hydrogen (secondary N) is 1. The Morgan fingerprint density at radius 3 is 2.27 bits per heavy atom. The molecular formula is C10H19N. The van der Waals surface area contributed by atoms with E-state index in [1.165, 1.54) is 0 Å². The van der Waals surface area contributed by atoms with E-state index < -0.39 is 0 Å². The van der Waals surface area contributed by atoms with E-state index in [1.807, 2.05) is 7.05 Å². The molecule has 64 valence electrons. The highest BCUT2D eigenvalue weighted by Gasteiger charge is 2.21. The molecule has 0 spiro atoms. The molecule has 0 amide bonds. The van der Waals surface area contributed by atoms with Crippen LogP contribution in [-0.2, 0) is 0 Å². The lowest BCUT2D eigenvalue weighted by atomic mass is 9.84. The number of hydrogen-bond acceptors (Lipinski definition) is 1. The van der Waals surface area contributed by atoms with Crippen LogP contribution in [0, 0.1) is 17.8 Å². The molecule has 0 aromatic carbocycles. The highest BCUT2D eigenvalue weighted by atomic mass is 14.9. The van der Waals surface area contributed by atoms with E-state index in [-0.39, 0.29) is 0 Å². The Morgan fingerprint density at radius 2 is 2.00 bits per heavy atom. The summed E-state index contributed by atoms with van der Waals surface area (Å²) in [6.07, 6.45) is 7.13. The van der Waals surface area contributed by atoms with Crippen LogP contribution >= 0.6 is 0 Å². The van der Waals surface area contributed by atoms with Gasteiger partial charge in [-0.1, -0.05) is 20.8 Å². The second-order valence-electron chi connectivity index (χ2n) is 3.95. The Labute approximate surface area is 70.6 Å². The Hall–Kier alpha value is -0.480. The van der Waals surface area contributed by atoms with E-state index in [2.05, 4.69) is 32.0 Å². The molecule has 0 aliphatic rings. The van der Waals surface area contributed by atoms with Crippen LogP contribution < -0.4 is 5.32 Å². The first-order valence-corrected chi connectivity index (χ1v) is 4.13. The summed E-state index contributed by atoms with van der Waals surface area (Å²) in [4.78, 5) is 0. The van der Waals surface area contributed by atoms with Crippen molar-refractivity contribution in [1.82, 2.24) is 5.32 Å². The molecule has 0 saturated carbocycles. The second kappa shape index (κ2) is 4.41. The van der Waals surface area contributed by atoms with E-state index in [0.717, 1.165) is 12.8 Å². The largest absolute Gasteiger partial charge is 0.316 e. The van der Waals surface area contributed by atoms with Crippen molar-refractivity contribution in [2.24, 2.45) is 5.41 Å². The van der Waals surface area contributed by atoms with Gasteiger partial charge in [0.05, 0.1) is 0 Å². The molecule has 0 bridgehead atoms. The third-order valence-corrected chi connectivity index (χ3v) is 1.97. The Balaban J connectivity index is 3.88. The molecule has 0 aliphatic carbocycles. The zero-order valence-corrected chi connectivity index (χ0v) is 8.07. The van der Waals surface area contributed by atoms with E-state index in [4.69, 9.17) is 6.42 Å². The Kier molecular flexibility index (Phi) is 4.22. The molecule has 0 rings (SSSR count). The first-order chi connectivity index (χ1) is 5.02. The van der Waals surface area contributed by atoms with Crippen molar-refractivity contribution < 1.29 is 0 Å². The van der Waals surface area contributed by atoms with Crippen LogP contribution in [0.1, 0.15) is 33.6 Å². The normalized spacial score (nSPS) is 14.1. The molecule has 0 aliphatic heterocycles. The van der Waals surface area contributed by atoms with Crippen molar-refractivity contribution in [3.8, 4) is 12.3 Å². The fourth-order valence-corrected chi connectivity index (χ4v) is 1.24. The average Bonchev–Trinajstić information content (AvgIpc) is 1.87. The molecule has 1 nitrogen and oxygen atoms in total. The van der Waals surface area contributed by atoms with Crippen LogP contribution in [0.25, 0.3) is 0 Å². The summed E-state index contributed by atoms with van der Waals surface area (Å²) in [7, 11) is 1.99. The molecule has 0 heterocycles. The van der Waals surface area contributed by atoms with Gasteiger partial charge in [0.15, 0.2) is 0 Å². The lowest BCUT2D eigenvalue weighted by molar-refractivity contribution is 0.270. The fourth-order valence-electron chi connectivity index (χ4n) is 1.24. The van der Waals surface area contributed by atoms with Gasteiger partial charge >= 0.3 is 0 Å². The molecule has 0 fully saturated rings. The standard InChI is InChI=1S/C10H19N/c1-6-7-8-9(11-5)10(2,3)4/h1,9,11H,7-8H2,2-5H3. The summed E-state index contributed by atoms with van der Waals surface area (Å²) in [6, 6.07) is 0.526. The zero-order valence-electron chi connectivity index (χ0n) is 8.07. The summed E-state index contributed by atoms with van der Waals surface area (Å²) >= 11 is 0. The predicted octanol–water partition coefficient (Wildman–Crippen LogP) is 2.03. The van der Waals surface area contributed by atoms with Crippen molar-refractivity contribution in [2.75, 3.05) is 7.05 Å². The molecule has 1 heteroatoms. The van der Waals surface area contributed by atoms with Gasteiger partial charge in [-0.05, 0) is 18.9 Å². The summed E-state index contributed by atoms with van der Waals surface area (Å²) < 4.78 is 0. The molecular weight excluding hydrogens is 134 g/mol. The molecule has 1 atom stereocenters. The van der Waals surface area contributed by atoms with Gasteiger partial charge in [0.25, 0.3) is 0 Å². The third-order valence-electron chi connectivity index (χ3n) is 1.97. The average molecular weight is 153 g/mol. The summed E-state index contributed by atoms with van der Waals surface area (Å²) in [5.41, 5.74) is 0.311. The highest BCUT2D eigenvalue weighted by Crippen LogP contribution is 2.21. The molecule has 11 heavy (non-hydrogen) atoms. The molecule has 0 aromatic rings. The summed E-state index contributed by atoms with van der Waals surface area (Å²) in [6.45, 7) is 6.68. The van der Waals surface area contributed by atoms with Crippen molar-refractivity contribution >= 4 is 0 Å². The van der Waals surface area contributed by atoms with Gasteiger partial charge in [-0.2, -0.15) is 0 Å². The van der Waals surface area contributed by atoms with Gasteiger partial charge in [-0.15, -0.1) is 12.3 Å². The maximum Gasteiger partial charge on any atom is 0.0122 e. The first-order valence-electron chi connectivity index (χ1n) is 4.13. The number of hydrogen-bond donors (Lipinski definition) is 1. The van der Waals surface area contributed by atoms with Gasteiger partial charge in [-0.3, -0.25) is 0 Å². The van der Waals surface area contributed by atoms with Crippen LogP contribution in [0.3, 0.4) is 0 Å². The van der Waals surface area contributed by atoms with Crippen LogP contribution in [0.5, 0.6) is 0 Å². The molecule has 0 aromatic heterocycles. The minimum absolute atomic E-state index is 0.311. The second-order valence-corrected chi connectivity index (χ2v) is 3.95. The minimum Gasteiger partial charge on any atom is -0.316 e. The Morgan fingerprint density at radius 1 is 1.45 bits per heavy atom. The van der Waals surface area contributed by atoms with E-state index >= 15 is 0 Å². The minimum atomic E-state index is 0.311. The molecule has 1 unspecified atom stereocenters. The van der Waals surface area contributed by atoms with Gasteiger partial charge < -0.3 is 5.32 Å².